The van der Waals surface area contributed by atoms with Crippen LogP contribution in [0, 0.1) is 16.7 Å². The molecule has 1 saturated carbocycles. The first-order valence-corrected chi connectivity index (χ1v) is 14.8. The number of anilines is 1. The molecule has 0 saturated heterocycles. The molecular formula is C30H43N3O4S. The Balaban J connectivity index is 1.63. The van der Waals surface area contributed by atoms with Gasteiger partial charge in [0.1, 0.15) is 0 Å². The van der Waals surface area contributed by atoms with Crippen molar-refractivity contribution >= 4 is 28.3 Å². The third kappa shape index (κ3) is 5.68. The van der Waals surface area contributed by atoms with Crippen LogP contribution in [0.3, 0.4) is 0 Å². The average molecular weight is 542 g/mol. The monoisotopic (exact) mass is 541 g/mol. The van der Waals surface area contributed by atoms with E-state index in [1.54, 1.807) is 4.90 Å². The normalized spacial score (nSPS) is 28.3. The van der Waals surface area contributed by atoms with Crippen molar-refractivity contribution in [3.8, 4) is 0 Å². The Kier molecular flexibility index (Phi) is 8.95. The number of aliphatic hydroxyl groups is 2. The van der Waals surface area contributed by atoms with E-state index in [1.165, 1.54) is 11.3 Å². The SMILES string of the molecule is CCCCCC(=O)Nc1nc2c(s1)CC1C(C)(CO)C(O)CCC1(C)C2CC(=O)N(C)Cc1ccccc1. The molecule has 2 aliphatic carbocycles. The minimum Gasteiger partial charge on any atom is -0.396 e. The molecule has 1 heterocycles. The lowest BCUT2D eigenvalue weighted by Gasteiger charge is -2.58. The number of rotatable bonds is 10. The van der Waals surface area contributed by atoms with Gasteiger partial charge >= 0.3 is 0 Å². The number of hydrogen-bond acceptors (Lipinski definition) is 6. The molecule has 2 amide bonds. The number of hydrogen-bond donors (Lipinski definition) is 3. The molecule has 0 bridgehead atoms. The summed E-state index contributed by atoms with van der Waals surface area (Å²) in [4.78, 5) is 33.9. The summed E-state index contributed by atoms with van der Waals surface area (Å²) in [6.07, 6.45) is 5.11. The molecule has 7 nitrogen and oxygen atoms in total. The summed E-state index contributed by atoms with van der Waals surface area (Å²) < 4.78 is 0. The summed E-state index contributed by atoms with van der Waals surface area (Å²) in [5, 5.41) is 25.0. The van der Waals surface area contributed by atoms with E-state index in [0.717, 1.165) is 41.8 Å². The van der Waals surface area contributed by atoms with Crippen LogP contribution < -0.4 is 5.32 Å². The molecule has 3 N–H and O–H groups in total. The van der Waals surface area contributed by atoms with Gasteiger partial charge in [0.05, 0.1) is 18.4 Å². The maximum Gasteiger partial charge on any atom is 0.226 e. The van der Waals surface area contributed by atoms with Crippen LogP contribution in [0.2, 0.25) is 0 Å². The highest BCUT2D eigenvalue weighted by molar-refractivity contribution is 7.15. The van der Waals surface area contributed by atoms with Crippen molar-refractivity contribution in [2.24, 2.45) is 16.7 Å². The maximum absolute atomic E-state index is 13.6. The average Bonchev–Trinajstić information content (AvgIpc) is 3.30. The summed E-state index contributed by atoms with van der Waals surface area (Å²) in [6, 6.07) is 9.95. The van der Waals surface area contributed by atoms with Crippen LogP contribution in [0.15, 0.2) is 30.3 Å². The number of amides is 2. The van der Waals surface area contributed by atoms with Crippen LogP contribution in [0.4, 0.5) is 5.13 Å². The molecule has 5 unspecified atom stereocenters. The summed E-state index contributed by atoms with van der Waals surface area (Å²) >= 11 is 1.48. The molecule has 208 valence electrons. The molecule has 0 spiro atoms. The third-order valence-corrected chi connectivity index (χ3v) is 10.2. The predicted octanol–water partition coefficient (Wildman–Crippen LogP) is 5.13. The number of nitrogens with zero attached hydrogens (tertiary/aromatic N) is 2. The maximum atomic E-state index is 13.6. The van der Waals surface area contributed by atoms with Gasteiger partial charge in [0.25, 0.3) is 0 Å². The highest BCUT2D eigenvalue weighted by Gasteiger charge is 2.59. The molecule has 5 atom stereocenters. The summed E-state index contributed by atoms with van der Waals surface area (Å²) in [6.45, 7) is 6.71. The van der Waals surface area contributed by atoms with Gasteiger partial charge in [-0.2, -0.15) is 0 Å². The number of nitrogens with one attached hydrogen (secondary N) is 1. The van der Waals surface area contributed by atoms with E-state index in [-0.39, 0.29) is 35.7 Å². The van der Waals surface area contributed by atoms with Gasteiger partial charge in [0.15, 0.2) is 5.13 Å². The molecule has 4 rings (SSSR count). The van der Waals surface area contributed by atoms with Gasteiger partial charge in [-0.3, -0.25) is 9.59 Å². The lowest BCUT2D eigenvalue weighted by molar-refractivity contribution is -0.147. The van der Waals surface area contributed by atoms with Crippen molar-refractivity contribution in [1.29, 1.82) is 0 Å². The fourth-order valence-electron chi connectivity index (χ4n) is 6.69. The van der Waals surface area contributed by atoms with Gasteiger partial charge in [-0.1, -0.05) is 63.9 Å². The van der Waals surface area contributed by atoms with E-state index in [2.05, 4.69) is 19.2 Å². The molecule has 1 fully saturated rings. The molecule has 0 aliphatic heterocycles. The van der Waals surface area contributed by atoms with Crippen LogP contribution in [0.25, 0.3) is 0 Å². The predicted molar refractivity (Wildman–Crippen MR) is 151 cm³/mol. The number of carbonyl (C=O) groups is 2. The second-order valence-corrected chi connectivity index (χ2v) is 12.9. The first-order valence-electron chi connectivity index (χ1n) is 14.0. The van der Waals surface area contributed by atoms with Crippen molar-refractivity contribution in [2.75, 3.05) is 19.0 Å². The minimum atomic E-state index is -0.671. The number of fused-ring (bicyclic) bond motifs is 2. The first-order chi connectivity index (χ1) is 18.1. The fraction of sp³-hybridized carbons (Fsp3) is 0.633. The van der Waals surface area contributed by atoms with E-state index in [1.807, 2.05) is 44.3 Å². The summed E-state index contributed by atoms with van der Waals surface area (Å²) in [5.41, 5.74) is 0.988. The van der Waals surface area contributed by atoms with Crippen molar-refractivity contribution in [3.63, 3.8) is 0 Å². The zero-order valence-corrected chi connectivity index (χ0v) is 24.0. The van der Waals surface area contributed by atoms with E-state index in [9.17, 15) is 19.8 Å². The molecule has 38 heavy (non-hydrogen) atoms. The van der Waals surface area contributed by atoms with Crippen LogP contribution in [-0.2, 0) is 22.6 Å². The van der Waals surface area contributed by atoms with Crippen LogP contribution in [0.1, 0.15) is 87.8 Å². The molecule has 1 aromatic carbocycles. The van der Waals surface area contributed by atoms with Gasteiger partial charge in [0, 0.05) is 42.6 Å². The van der Waals surface area contributed by atoms with Crippen LogP contribution >= 0.6 is 11.3 Å². The molecule has 2 aromatic rings. The number of aromatic nitrogens is 1. The molecule has 2 aliphatic rings. The van der Waals surface area contributed by atoms with Crippen molar-refractivity contribution in [2.45, 2.75) is 90.7 Å². The molecule has 8 heteroatoms. The summed E-state index contributed by atoms with van der Waals surface area (Å²) in [7, 11) is 1.84. The molecule has 0 radical (unpaired) electrons. The standard InChI is InChI=1S/C30H43N3O4S/c1-5-6-8-13-25(36)31-28-32-27-21(16-26(37)33(4)18-20-11-9-7-10-12-20)29(2)15-14-24(35)30(3,19-34)23(29)17-22(27)38-28/h7,9-12,21,23-24,34-35H,5-6,8,13-19H2,1-4H3,(H,31,32,36). The van der Waals surface area contributed by atoms with Crippen LogP contribution in [0.5, 0.6) is 0 Å². The van der Waals surface area contributed by atoms with E-state index >= 15 is 0 Å². The van der Waals surface area contributed by atoms with E-state index < -0.39 is 11.5 Å². The number of benzene rings is 1. The van der Waals surface area contributed by atoms with Gasteiger partial charge in [-0.05, 0) is 42.6 Å². The second kappa shape index (κ2) is 11.8. The number of thiazole rings is 1. The molecule has 1 aromatic heterocycles. The highest BCUT2D eigenvalue weighted by atomic mass is 32.1. The van der Waals surface area contributed by atoms with Crippen LogP contribution in [-0.4, -0.2) is 51.7 Å². The quantitative estimate of drug-likeness (QED) is 0.362. The second-order valence-electron chi connectivity index (χ2n) is 11.8. The van der Waals surface area contributed by atoms with Crippen molar-refractivity contribution in [3.05, 3.63) is 46.5 Å². The third-order valence-electron chi connectivity index (χ3n) is 9.21. The Labute approximate surface area is 230 Å². The Bertz CT molecular complexity index is 1120. The lowest BCUT2D eigenvalue weighted by atomic mass is 9.47. The number of carbonyl (C=O) groups excluding carboxylic acids is 2. The van der Waals surface area contributed by atoms with Crippen molar-refractivity contribution in [1.82, 2.24) is 9.88 Å². The minimum absolute atomic E-state index is 0.0120. The highest BCUT2D eigenvalue weighted by Crippen LogP contribution is 2.62. The zero-order valence-electron chi connectivity index (χ0n) is 23.2. The number of unbranched alkanes of at least 4 members (excludes halogenated alkanes) is 2. The van der Waals surface area contributed by atoms with Gasteiger partial charge in [-0.25, -0.2) is 4.98 Å². The van der Waals surface area contributed by atoms with Gasteiger partial charge in [-0.15, -0.1) is 11.3 Å². The Morgan fingerprint density at radius 1 is 1.21 bits per heavy atom. The fourth-order valence-corrected chi connectivity index (χ4v) is 7.78. The van der Waals surface area contributed by atoms with Crippen molar-refractivity contribution < 1.29 is 19.8 Å². The van der Waals surface area contributed by atoms with Gasteiger partial charge in [0.2, 0.25) is 11.8 Å². The smallest absolute Gasteiger partial charge is 0.226 e. The number of aliphatic hydroxyl groups excluding tert-OH is 2. The van der Waals surface area contributed by atoms with E-state index in [4.69, 9.17) is 4.98 Å². The van der Waals surface area contributed by atoms with E-state index in [0.29, 0.717) is 37.4 Å². The summed E-state index contributed by atoms with van der Waals surface area (Å²) in [5.74, 6) is -0.162. The Morgan fingerprint density at radius 3 is 2.63 bits per heavy atom. The topological polar surface area (TPSA) is 103 Å². The largest absolute Gasteiger partial charge is 0.396 e. The first kappa shape index (κ1) is 28.7. The Hall–Kier alpha value is -2.29. The van der Waals surface area contributed by atoms with Gasteiger partial charge < -0.3 is 20.4 Å². The Morgan fingerprint density at radius 2 is 1.95 bits per heavy atom. The zero-order chi connectivity index (χ0) is 27.5. The lowest BCUT2D eigenvalue weighted by Crippen LogP contribution is -2.57. The molecular weight excluding hydrogens is 498 g/mol.